The lowest BCUT2D eigenvalue weighted by molar-refractivity contribution is -0.141. The number of benzene rings is 1. The first-order valence-corrected chi connectivity index (χ1v) is 8.01. The van der Waals surface area contributed by atoms with Crippen LogP contribution < -0.4 is 5.32 Å². The van der Waals surface area contributed by atoms with Crippen LogP contribution in [0.1, 0.15) is 6.42 Å². The van der Waals surface area contributed by atoms with Gasteiger partial charge in [-0.05, 0) is 12.1 Å². The maximum absolute atomic E-state index is 11.7. The zero-order chi connectivity index (χ0) is 15.2. The van der Waals surface area contributed by atoms with Gasteiger partial charge in [0.15, 0.2) is 4.34 Å². The Hall–Kier alpha value is -1.64. The van der Waals surface area contributed by atoms with Gasteiger partial charge in [-0.15, -0.1) is 11.3 Å². The number of fused-ring (bicyclic) bond motifs is 1. The number of aromatic nitrogens is 1. The van der Waals surface area contributed by atoms with E-state index in [1.54, 1.807) is 0 Å². The van der Waals surface area contributed by atoms with Gasteiger partial charge in [-0.3, -0.25) is 4.79 Å². The molecule has 0 radical (unpaired) electrons. The van der Waals surface area contributed by atoms with Crippen LogP contribution in [0, 0.1) is 0 Å². The van der Waals surface area contributed by atoms with Crippen molar-refractivity contribution in [2.24, 2.45) is 0 Å². The molecule has 0 aliphatic heterocycles. The van der Waals surface area contributed by atoms with Crippen molar-refractivity contribution in [3.63, 3.8) is 0 Å². The van der Waals surface area contributed by atoms with Crippen molar-refractivity contribution in [3.05, 3.63) is 24.3 Å². The second-order valence-electron chi connectivity index (χ2n) is 4.21. The molecule has 112 valence electrons. The zero-order valence-electron chi connectivity index (χ0n) is 11.0. The summed E-state index contributed by atoms with van der Waals surface area (Å²) < 4.78 is 1.81. The number of para-hydroxylation sites is 1. The Morgan fingerprint density at radius 1 is 1.38 bits per heavy atom. The molecule has 0 aliphatic carbocycles. The predicted octanol–water partition coefficient (Wildman–Crippen LogP) is 1.34. The Bertz CT molecular complexity index is 611. The van der Waals surface area contributed by atoms with E-state index in [1.807, 2.05) is 24.3 Å². The Morgan fingerprint density at radius 2 is 2.14 bits per heavy atom. The molecule has 0 saturated heterocycles. The van der Waals surface area contributed by atoms with Crippen LogP contribution in [0.4, 0.5) is 0 Å². The number of thiazole rings is 1. The summed E-state index contributed by atoms with van der Waals surface area (Å²) in [5.41, 5.74) is 0.883. The highest BCUT2D eigenvalue weighted by Crippen LogP contribution is 2.28. The molecule has 21 heavy (non-hydrogen) atoms. The number of aliphatic hydroxyl groups is 1. The number of carbonyl (C=O) groups is 2. The first kappa shape index (κ1) is 15.7. The van der Waals surface area contributed by atoms with E-state index < -0.39 is 12.0 Å². The molecule has 2 rings (SSSR count). The summed E-state index contributed by atoms with van der Waals surface area (Å²) in [6.45, 7) is -0.289. The Balaban J connectivity index is 1.89. The van der Waals surface area contributed by atoms with Crippen molar-refractivity contribution in [3.8, 4) is 0 Å². The summed E-state index contributed by atoms with van der Waals surface area (Å²) in [5, 5.41) is 20.0. The second kappa shape index (κ2) is 7.39. The Morgan fingerprint density at radius 3 is 2.81 bits per heavy atom. The minimum atomic E-state index is -1.15. The SMILES string of the molecule is O=C(CSc1nc2ccccc2s1)N[C@H](CCO)C(=O)O. The third-order valence-electron chi connectivity index (χ3n) is 2.65. The average molecular weight is 326 g/mol. The topological polar surface area (TPSA) is 99.5 Å². The molecular weight excluding hydrogens is 312 g/mol. The summed E-state index contributed by atoms with van der Waals surface area (Å²) >= 11 is 2.76. The molecule has 1 amide bonds. The summed E-state index contributed by atoms with van der Waals surface area (Å²) in [6, 6.07) is 6.62. The minimum absolute atomic E-state index is 0.00707. The van der Waals surface area contributed by atoms with Gasteiger partial charge in [-0.1, -0.05) is 23.9 Å². The first-order chi connectivity index (χ1) is 10.1. The molecule has 3 N–H and O–H groups in total. The van der Waals surface area contributed by atoms with E-state index in [1.165, 1.54) is 23.1 Å². The largest absolute Gasteiger partial charge is 0.480 e. The fraction of sp³-hybridized carbons (Fsp3) is 0.308. The lowest BCUT2D eigenvalue weighted by atomic mass is 10.2. The van der Waals surface area contributed by atoms with Crippen LogP contribution in [0.3, 0.4) is 0 Å². The summed E-state index contributed by atoms with van der Waals surface area (Å²) in [6.07, 6.45) is -0.00707. The number of carbonyl (C=O) groups excluding carboxylic acids is 1. The normalized spacial score (nSPS) is 12.2. The van der Waals surface area contributed by atoms with Gasteiger partial charge < -0.3 is 15.5 Å². The van der Waals surface area contributed by atoms with Gasteiger partial charge >= 0.3 is 5.97 Å². The third kappa shape index (κ3) is 4.42. The van der Waals surface area contributed by atoms with Crippen molar-refractivity contribution in [2.45, 2.75) is 16.8 Å². The van der Waals surface area contributed by atoms with Gasteiger partial charge in [0.05, 0.1) is 16.0 Å². The quantitative estimate of drug-likeness (QED) is 0.664. The van der Waals surface area contributed by atoms with E-state index >= 15 is 0 Å². The zero-order valence-corrected chi connectivity index (χ0v) is 12.6. The molecule has 1 heterocycles. The van der Waals surface area contributed by atoms with E-state index in [4.69, 9.17) is 10.2 Å². The van der Waals surface area contributed by atoms with E-state index in [9.17, 15) is 9.59 Å². The Labute approximate surface area is 129 Å². The van der Waals surface area contributed by atoms with Crippen LogP contribution >= 0.6 is 23.1 Å². The molecule has 0 unspecified atom stereocenters. The minimum Gasteiger partial charge on any atom is -0.480 e. The number of aliphatic carboxylic acids is 1. The van der Waals surface area contributed by atoms with Crippen molar-refractivity contribution in [1.82, 2.24) is 10.3 Å². The highest BCUT2D eigenvalue weighted by molar-refractivity contribution is 8.01. The van der Waals surface area contributed by atoms with Crippen LogP contribution in [-0.2, 0) is 9.59 Å². The highest BCUT2D eigenvalue weighted by atomic mass is 32.2. The standard InChI is InChI=1S/C13H14N2O4S2/c16-6-5-9(12(18)19)14-11(17)7-20-13-15-8-3-1-2-4-10(8)21-13/h1-4,9,16H,5-7H2,(H,14,17)(H,18,19)/t9-/m1/s1. The van der Waals surface area contributed by atoms with E-state index in [0.717, 1.165) is 14.6 Å². The van der Waals surface area contributed by atoms with Gasteiger partial charge in [-0.25, -0.2) is 9.78 Å². The van der Waals surface area contributed by atoms with Crippen molar-refractivity contribution >= 4 is 45.2 Å². The number of carboxylic acids is 1. The highest BCUT2D eigenvalue weighted by Gasteiger charge is 2.19. The summed E-state index contributed by atoms with van der Waals surface area (Å²) in [4.78, 5) is 27.0. The van der Waals surface area contributed by atoms with E-state index in [-0.39, 0.29) is 24.7 Å². The van der Waals surface area contributed by atoms with Gasteiger partial charge in [-0.2, -0.15) is 0 Å². The lowest BCUT2D eigenvalue weighted by Crippen LogP contribution is -2.42. The summed E-state index contributed by atoms with van der Waals surface area (Å²) in [7, 11) is 0. The monoisotopic (exact) mass is 326 g/mol. The molecule has 2 aromatic rings. The number of carboxylic acid groups (broad SMARTS) is 1. The second-order valence-corrected chi connectivity index (χ2v) is 6.46. The van der Waals surface area contributed by atoms with Crippen molar-refractivity contribution in [1.29, 1.82) is 0 Å². The fourth-order valence-corrected chi connectivity index (χ4v) is 3.54. The smallest absolute Gasteiger partial charge is 0.326 e. The number of amides is 1. The molecule has 0 fully saturated rings. The molecule has 0 aliphatic rings. The molecule has 1 aromatic heterocycles. The van der Waals surface area contributed by atoms with Crippen LogP contribution in [-0.4, -0.2) is 45.5 Å². The maximum Gasteiger partial charge on any atom is 0.326 e. The summed E-state index contributed by atoms with van der Waals surface area (Å²) in [5.74, 6) is -1.45. The third-order valence-corrected chi connectivity index (χ3v) is 4.83. The van der Waals surface area contributed by atoms with Gasteiger partial charge in [0.1, 0.15) is 6.04 Å². The number of nitrogens with zero attached hydrogens (tertiary/aromatic N) is 1. The van der Waals surface area contributed by atoms with Crippen LogP contribution in [0.15, 0.2) is 28.6 Å². The van der Waals surface area contributed by atoms with Gasteiger partial charge in [0.25, 0.3) is 0 Å². The van der Waals surface area contributed by atoms with Gasteiger partial charge in [0.2, 0.25) is 5.91 Å². The number of hydrogen-bond donors (Lipinski definition) is 3. The first-order valence-electron chi connectivity index (χ1n) is 6.21. The molecule has 0 spiro atoms. The molecule has 1 atom stereocenters. The van der Waals surface area contributed by atoms with E-state index in [2.05, 4.69) is 10.3 Å². The predicted molar refractivity (Wildman–Crippen MR) is 81.6 cm³/mol. The average Bonchev–Trinajstić information content (AvgIpc) is 2.87. The number of thioether (sulfide) groups is 1. The number of nitrogens with one attached hydrogen (secondary N) is 1. The van der Waals surface area contributed by atoms with Gasteiger partial charge in [0, 0.05) is 13.0 Å². The number of aliphatic hydroxyl groups excluding tert-OH is 1. The number of rotatable bonds is 7. The fourth-order valence-electron chi connectivity index (χ4n) is 1.66. The number of hydrogen-bond acceptors (Lipinski definition) is 6. The lowest BCUT2D eigenvalue weighted by Gasteiger charge is -2.12. The molecule has 6 nitrogen and oxygen atoms in total. The Kier molecular flexibility index (Phi) is 5.54. The van der Waals surface area contributed by atoms with Crippen LogP contribution in [0.25, 0.3) is 10.2 Å². The van der Waals surface area contributed by atoms with Crippen molar-refractivity contribution in [2.75, 3.05) is 12.4 Å². The molecule has 0 saturated carbocycles. The molecule has 8 heteroatoms. The molecule has 1 aromatic carbocycles. The van der Waals surface area contributed by atoms with Crippen LogP contribution in [0.5, 0.6) is 0 Å². The van der Waals surface area contributed by atoms with Crippen molar-refractivity contribution < 1.29 is 19.8 Å². The van der Waals surface area contributed by atoms with E-state index in [0.29, 0.717) is 0 Å². The maximum atomic E-state index is 11.7. The van der Waals surface area contributed by atoms with Crippen LogP contribution in [0.2, 0.25) is 0 Å². The molecular formula is C13H14N2O4S2. The molecule has 0 bridgehead atoms.